The summed E-state index contributed by atoms with van der Waals surface area (Å²) in [5.41, 5.74) is 0. The molecule has 1 rings (SSSR count). The van der Waals surface area contributed by atoms with Gasteiger partial charge < -0.3 is 10.2 Å². The molecule has 0 aliphatic carbocycles. The van der Waals surface area contributed by atoms with Gasteiger partial charge in [0.2, 0.25) is 5.91 Å². The van der Waals surface area contributed by atoms with Gasteiger partial charge in [-0.1, -0.05) is 6.92 Å². The summed E-state index contributed by atoms with van der Waals surface area (Å²) in [7, 11) is 3.63. The molecule has 3 atom stereocenters. The largest absolute Gasteiger partial charge is 0.347 e. The number of carbonyl (C=O) groups is 1. The van der Waals surface area contributed by atoms with Gasteiger partial charge in [0.25, 0.3) is 0 Å². The zero-order chi connectivity index (χ0) is 10.0. The second-order valence-electron chi connectivity index (χ2n) is 4.43. The molecule has 3 heteroatoms. The van der Waals surface area contributed by atoms with Crippen molar-refractivity contribution in [3.63, 3.8) is 0 Å². The van der Waals surface area contributed by atoms with Gasteiger partial charge in [-0.25, -0.2) is 0 Å². The SMILES string of the molecule is CC1CC(C)NC(C(=O)N(C)C)C1. The Labute approximate surface area is 80.5 Å². The Balaban J connectivity index is 2.55. The average Bonchev–Trinajstić information content (AvgIpc) is 2.01. The number of nitrogens with one attached hydrogen (secondary N) is 1. The Morgan fingerprint density at radius 1 is 1.31 bits per heavy atom. The molecule has 76 valence electrons. The van der Waals surface area contributed by atoms with Crippen LogP contribution in [0.1, 0.15) is 26.7 Å². The van der Waals surface area contributed by atoms with Gasteiger partial charge in [0.05, 0.1) is 6.04 Å². The highest BCUT2D eigenvalue weighted by atomic mass is 16.2. The van der Waals surface area contributed by atoms with Gasteiger partial charge in [-0.3, -0.25) is 4.79 Å². The standard InChI is InChI=1S/C10H20N2O/c1-7-5-8(2)11-9(6-7)10(13)12(3)4/h7-9,11H,5-6H2,1-4H3. The van der Waals surface area contributed by atoms with Crippen LogP contribution in [0.4, 0.5) is 0 Å². The van der Waals surface area contributed by atoms with E-state index in [0.717, 1.165) is 6.42 Å². The Hall–Kier alpha value is -0.570. The van der Waals surface area contributed by atoms with Crippen LogP contribution in [0.15, 0.2) is 0 Å². The van der Waals surface area contributed by atoms with Crippen LogP contribution >= 0.6 is 0 Å². The highest BCUT2D eigenvalue weighted by Crippen LogP contribution is 2.19. The Morgan fingerprint density at radius 3 is 2.38 bits per heavy atom. The third kappa shape index (κ3) is 2.69. The van der Waals surface area contributed by atoms with E-state index < -0.39 is 0 Å². The molecule has 0 bridgehead atoms. The van der Waals surface area contributed by atoms with Crippen LogP contribution in [0, 0.1) is 5.92 Å². The molecule has 0 aromatic rings. The quantitative estimate of drug-likeness (QED) is 0.655. The van der Waals surface area contributed by atoms with Crippen molar-refractivity contribution in [2.45, 2.75) is 38.8 Å². The fraction of sp³-hybridized carbons (Fsp3) is 0.900. The van der Waals surface area contributed by atoms with E-state index in [9.17, 15) is 4.79 Å². The maximum Gasteiger partial charge on any atom is 0.239 e. The fourth-order valence-electron chi connectivity index (χ4n) is 2.07. The molecule has 0 aromatic carbocycles. The lowest BCUT2D eigenvalue weighted by atomic mass is 9.89. The Morgan fingerprint density at radius 2 is 1.92 bits per heavy atom. The number of amides is 1. The maximum atomic E-state index is 11.7. The summed E-state index contributed by atoms with van der Waals surface area (Å²) >= 11 is 0. The highest BCUT2D eigenvalue weighted by Gasteiger charge is 2.28. The summed E-state index contributed by atoms with van der Waals surface area (Å²) in [4.78, 5) is 13.3. The van der Waals surface area contributed by atoms with Crippen LogP contribution in [0.5, 0.6) is 0 Å². The lowest BCUT2D eigenvalue weighted by Gasteiger charge is -2.33. The molecular weight excluding hydrogens is 164 g/mol. The zero-order valence-electron chi connectivity index (χ0n) is 9.00. The molecule has 1 N–H and O–H groups in total. The maximum absolute atomic E-state index is 11.7. The van der Waals surface area contributed by atoms with Crippen LogP contribution < -0.4 is 5.32 Å². The number of carbonyl (C=O) groups excluding carboxylic acids is 1. The molecule has 0 radical (unpaired) electrons. The van der Waals surface area contributed by atoms with Gasteiger partial charge in [0, 0.05) is 20.1 Å². The third-order valence-electron chi connectivity index (χ3n) is 2.62. The molecule has 3 unspecified atom stereocenters. The van der Waals surface area contributed by atoms with Crippen LogP contribution in [-0.2, 0) is 4.79 Å². The van der Waals surface area contributed by atoms with Crippen LogP contribution in [-0.4, -0.2) is 37.0 Å². The summed E-state index contributed by atoms with van der Waals surface area (Å²) in [6.07, 6.45) is 2.15. The van der Waals surface area contributed by atoms with E-state index >= 15 is 0 Å². The first kappa shape index (κ1) is 10.5. The predicted octanol–water partition coefficient (Wildman–Crippen LogP) is 0.851. The van der Waals surface area contributed by atoms with E-state index in [1.54, 1.807) is 4.90 Å². The first-order valence-electron chi connectivity index (χ1n) is 4.98. The van der Waals surface area contributed by atoms with Crippen molar-refractivity contribution in [2.75, 3.05) is 14.1 Å². The predicted molar refractivity (Wildman–Crippen MR) is 53.5 cm³/mol. The van der Waals surface area contributed by atoms with E-state index in [-0.39, 0.29) is 11.9 Å². The second-order valence-corrected chi connectivity index (χ2v) is 4.43. The van der Waals surface area contributed by atoms with E-state index in [1.165, 1.54) is 6.42 Å². The summed E-state index contributed by atoms with van der Waals surface area (Å²) < 4.78 is 0. The number of likely N-dealkylation sites (N-methyl/N-ethyl adjacent to an activating group) is 1. The molecule has 1 aliphatic heterocycles. The number of hydrogen-bond donors (Lipinski definition) is 1. The molecule has 1 amide bonds. The summed E-state index contributed by atoms with van der Waals surface area (Å²) in [6, 6.07) is 0.506. The molecular formula is C10H20N2O. The fourth-order valence-corrected chi connectivity index (χ4v) is 2.07. The van der Waals surface area contributed by atoms with Crippen molar-refractivity contribution in [3.8, 4) is 0 Å². The van der Waals surface area contributed by atoms with Gasteiger partial charge in [0.1, 0.15) is 0 Å². The third-order valence-corrected chi connectivity index (χ3v) is 2.62. The van der Waals surface area contributed by atoms with Crippen molar-refractivity contribution < 1.29 is 4.79 Å². The average molecular weight is 184 g/mol. The monoisotopic (exact) mass is 184 g/mol. The Kier molecular flexibility index (Phi) is 3.31. The van der Waals surface area contributed by atoms with Crippen molar-refractivity contribution >= 4 is 5.91 Å². The topological polar surface area (TPSA) is 32.3 Å². The van der Waals surface area contributed by atoms with Gasteiger partial charge in [0.15, 0.2) is 0 Å². The second kappa shape index (κ2) is 4.09. The van der Waals surface area contributed by atoms with E-state index in [1.807, 2.05) is 14.1 Å². The molecule has 1 saturated heterocycles. The molecule has 0 aromatic heterocycles. The minimum Gasteiger partial charge on any atom is -0.347 e. The van der Waals surface area contributed by atoms with E-state index in [4.69, 9.17) is 0 Å². The molecule has 1 heterocycles. The highest BCUT2D eigenvalue weighted by molar-refractivity contribution is 5.81. The number of rotatable bonds is 1. The van der Waals surface area contributed by atoms with Crippen molar-refractivity contribution in [2.24, 2.45) is 5.92 Å². The van der Waals surface area contributed by atoms with Gasteiger partial charge >= 0.3 is 0 Å². The lowest BCUT2D eigenvalue weighted by Crippen LogP contribution is -2.51. The van der Waals surface area contributed by atoms with Crippen molar-refractivity contribution in [1.29, 1.82) is 0 Å². The van der Waals surface area contributed by atoms with Crippen LogP contribution in [0.25, 0.3) is 0 Å². The van der Waals surface area contributed by atoms with E-state index in [2.05, 4.69) is 19.2 Å². The molecule has 0 saturated carbocycles. The number of nitrogens with zero attached hydrogens (tertiary/aromatic N) is 1. The molecule has 1 fully saturated rings. The van der Waals surface area contributed by atoms with Crippen LogP contribution in [0.2, 0.25) is 0 Å². The van der Waals surface area contributed by atoms with Crippen molar-refractivity contribution in [1.82, 2.24) is 10.2 Å². The molecule has 0 spiro atoms. The minimum absolute atomic E-state index is 0.0359. The normalized spacial score (nSPS) is 34.3. The van der Waals surface area contributed by atoms with Crippen LogP contribution in [0.3, 0.4) is 0 Å². The van der Waals surface area contributed by atoms with Gasteiger partial charge in [-0.05, 0) is 25.7 Å². The van der Waals surface area contributed by atoms with Gasteiger partial charge in [-0.15, -0.1) is 0 Å². The molecule has 13 heavy (non-hydrogen) atoms. The number of piperidine rings is 1. The van der Waals surface area contributed by atoms with Gasteiger partial charge in [-0.2, -0.15) is 0 Å². The first-order chi connectivity index (χ1) is 6.00. The first-order valence-corrected chi connectivity index (χ1v) is 4.98. The molecule has 3 nitrogen and oxygen atoms in total. The summed E-state index contributed by atoms with van der Waals surface area (Å²) in [5, 5.41) is 3.34. The zero-order valence-corrected chi connectivity index (χ0v) is 9.00. The summed E-state index contributed by atoms with van der Waals surface area (Å²) in [5.74, 6) is 0.864. The smallest absolute Gasteiger partial charge is 0.239 e. The minimum atomic E-state index is 0.0359. The Bertz CT molecular complexity index is 181. The van der Waals surface area contributed by atoms with Crippen molar-refractivity contribution in [3.05, 3.63) is 0 Å². The molecule has 1 aliphatic rings. The summed E-state index contributed by atoms with van der Waals surface area (Å²) in [6.45, 7) is 4.36. The number of hydrogen-bond acceptors (Lipinski definition) is 2. The lowest BCUT2D eigenvalue weighted by molar-refractivity contribution is -0.132. The van der Waals surface area contributed by atoms with E-state index in [0.29, 0.717) is 12.0 Å².